The molecule has 0 bridgehead atoms. The van der Waals surface area contributed by atoms with Crippen LogP contribution in [-0.2, 0) is 4.79 Å². The Morgan fingerprint density at radius 1 is 1.45 bits per heavy atom. The Labute approximate surface area is 120 Å². The topological polar surface area (TPSA) is 37.3 Å². The number of hydrogen-bond donors (Lipinski definition) is 1. The van der Waals surface area contributed by atoms with Crippen molar-refractivity contribution in [1.82, 2.24) is 0 Å². The molecule has 1 fully saturated rings. The molecule has 106 valence electrons. The second kappa shape index (κ2) is 5.76. The van der Waals surface area contributed by atoms with Crippen molar-refractivity contribution in [1.29, 1.82) is 0 Å². The highest BCUT2D eigenvalue weighted by Crippen LogP contribution is 2.42. The van der Waals surface area contributed by atoms with Crippen LogP contribution in [0.2, 0.25) is 0 Å². The van der Waals surface area contributed by atoms with Gasteiger partial charge >= 0.3 is 0 Å². The van der Waals surface area contributed by atoms with Crippen LogP contribution in [0.15, 0.2) is 31.4 Å². The molecule has 0 radical (unpaired) electrons. The summed E-state index contributed by atoms with van der Waals surface area (Å²) in [5.74, 6) is -0.359. The van der Waals surface area contributed by atoms with E-state index in [0.29, 0.717) is 12.0 Å². The van der Waals surface area contributed by atoms with E-state index in [9.17, 15) is 9.90 Å². The summed E-state index contributed by atoms with van der Waals surface area (Å²) in [7, 11) is 0. The van der Waals surface area contributed by atoms with Gasteiger partial charge < -0.3 is 9.90 Å². The standard InChI is InChI=1S/C18H22O2/c1-4-15-11-13(2)8-9-17(15)14(3)18(20)10-6-5-7-16(18)12-19/h4,8-9,11-12,16,20H,1,3,5-7,10H2,2H3. The van der Waals surface area contributed by atoms with Crippen LogP contribution in [0.4, 0.5) is 0 Å². The Bertz CT molecular complexity index is 544. The summed E-state index contributed by atoms with van der Waals surface area (Å²) in [5.41, 5.74) is 2.51. The fourth-order valence-corrected chi connectivity index (χ4v) is 3.10. The van der Waals surface area contributed by atoms with Crippen LogP contribution in [0.3, 0.4) is 0 Å². The van der Waals surface area contributed by atoms with Crippen molar-refractivity contribution in [2.45, 2.75) is 38.2 Å². The predicted molar refractivity (Wildman–Crippen MR) is 83.3 cm³/mol. The molecule has 1 aromatic rings. The summed E-state index contributed by atoms with van der Waals surface area (Å²) in [6.07, 6.45) is 5.89. The van der Waals surface area contributed by atoms with E-state index in [2.05, 4.69) is 13.2 Å². The first-order chi connectivity index (χ1) is 9.52. The third kappa shape index (κ3) is 2.48. The fraction of sp³-hybridized carbons (Fsp3) is 0.389. The zero-order chi connectivity index (χ0) is 14.8. The largest absolute Gasteiger partial charge is 0.384 e. The molecule has 0 aromatic heterocycles. The van der Waals surface area contributed by atoms with Gasteiger partial charge in [-0.2, -0.15) is 0 Å². The fourth-order valence-electron chi connectivity index (χ4n) is 3.10. The molecule has 0 amide bonds. The third-order valence-electron chi connectivity index (χ3n) is 4.38. The summed E-state index contributed by atoms with van der Waals surface area (Å²) >= 11 is 0. The summed E-state index contributed by atoms with van der Waals surface area (Å²) in [5, 5.41) is 11.0. The monoisotopic (exact) mass is 270 g/mol. The molecule has 2 unspecified atom stereocenters. The van der Waals surface area contributed by atoms with Crippen molar-refractivity contribution in [2.75, 3.05) is 0 Å². The summed E-state index contributed by atoms with van der Waals surface area (Å²) < 4.78 is 0. The summed E-state index contributed by atoms with van der Waals surface area (Å²) in [4.78, 5) is 11.3. The second-order valence-electron chi connectivity index (χ2n) is 5.69. The van der Waals surface area contributed by atoms with E-state index in [4.69, 9.17) is 0 Å². The van der Waals surface area contributed by atoms with Gasteiger partial charge in [0.25, 0.3) is 0 Å². The minimum atomic E-state index is -1.12. The minimum Gasteiger partial charge on any atom is -0.384 e. The van der Waals surface area contributed by atoms with Gasteiger partial charge in [-0.25, -0.2) is 0 Å². The lowest BCUT2D eigenvalue weighted by molar-refractivity contribution is -0.118. The van der Waals surface area contributed by atoms with Gasteiger partial charge in [-0.05, 0) is 36.5 Å². The summed E-state index contributed by atoms with van der Waals surface area (Å²) in [6.45, 7) is 9.95. The van der Waals surface area contributed by atoms with E-state index >= 15 is 0 Å². The van der Waals surface area contributed by atoms with E-state index < -0.39 is 5.60 Å². The van der Waals surface area contributed by atoms with E-state index in [1.165, 1.54) is 0 Å². The van der Waals surface area contributed by atoms with Crippen molar-refractivity contribution in [2.24, 2.45) is 5.92 Å². The first-order valence-corrected chi connectivity index (χ1v) is 7.13. The lowest BCUT2D eigenvalue weighted by Gasteiger charge is -2.39. The van der Waals surface area contributed by atoms with Crippen LogP contribution in [0, 0.1) is 12.8 Å². The Morgan fingerprint density at radius 2 is 2.20 bits per heavy atom. The number of rotatable bonds is 4. The van der Waals surface area contributed by atoms with Crippen molar-refractivity contribution in [3.63, 3.8) is 0 Å². The number of carbonyl (C=O) groups is 1. The quantitative estimate of drug-likeness (QED) is 0.846. The molecule has 0 saturated heterocycles. The molecule has 0 spiro atoms. The average molecular weight is 270 g/mol. The molecular weight excluding hydrogens is 248 g/mol. The lowest BCUT2D eigenvalue weighted by Crippen LogP contribution is -2.42. The zero-order valence-electron chi connectivity index (χ0n) is 12.1. The smallest absolute Gasteiger partial charge is 0.126 e. The predicted octanol–water partition coefficient (Wildman–Crippen LogP) is 3.77. The highest BCUT2D eigenvalue weighted by atomic mass is 16.3. The average Bonchev–Trinajstić information content (AvgIpc) is 2.46. The van der Waals surface area contributed by atoms with Crippen molar-refractivity contribution in [3.8, 4) is 0 Å². The van der Waals surface area contributed by atoms with Gasteiger partial charge in [-0.1, -0.05) is 55.8 Å². The Balaban J connectivity index is 2.44. The van der Waals surface area contributed by atoms with E-state index in [0.717, 1.165) is 42.2 Å². The van der Waals surface area contributed by atoms with Crippen LogP contribution >= 0.6 is 0 Å². The third-order valence-corrected chi connectivity index (χ3v) is 4.38. The number of benzene rings is 1. The normalized spacial score (nSPS) is 26.0. The van der Waals surface area contributed by atoms with Gasteiger partial charge in [0, 0.05) is 5.92 Å². The van der Waals surface area contributed by atoms with E-state index in [1.807, 2.05) is 25.1 Å². The Kier molecular flexibility index (Phi) is 4.24. The SMILES string of the molecule is C=Cc1cc(C)ccc1C(=C)C1(O)CCCCC1C=O. The maximum Gasteiger partial charge on any atom is 0.126 e. The first-order valence-electron chi connectivity index (χ1n) is 7.13. The lowest BCUT2D eigenvalue weighted by atomic mass is 9.70. The second-order valence-corrected chi connectivity index (χ2v) is 5.69. The van der Waals surface area contributed by atoms with Gasteiger partial charge in [0.1, 0.15) is 6.29 Å². The molecule has 1 aliphatic carbocycles. The highest BCUT2D eigenvalue weighted by molar-refractivity contribution is 5.80. The van der Waals surface area contributed by atoms with Crippen LogP contribution < -0.4 is 0 Å². The Morgan fingerprint density at radius 3 is 2.85 bits per heavy atom. The molecule has 2 heteroatoms. The molecule has 1 aliphatic rings. The molecule has 1 aromatic carbocycles. The first kappa shape index (κ1) is 14.7. The molecule has 0 heterocycles. The number of carbonyl (C=O) groups excluding carboxylic acids is 1. The molecule has 1 N–H and O–H groups in total. The van der Waals surface area contributed by atoms with Gasteiger partial charge in [0.2, 0.25) is 0 Å². The zero-order valence-corrected chi connectivity index (χ0v) is 12.1. The van der Waals surface area contributed by atoms with Crippen LogP contribution in [0.5, 0.6) is 0 Å². The maximum atomic E-state index is 11.3. The van der Waals surface area contributed by atoms with E-state index in [-0.39, 0.29) is 5.92 Å². The van der Waals surface area contributed by atoms with Crippen molar-refractivity contribution < 1.29 is 9.90 Å². The van der Waals surface area contributed by atoms with Crippen LogP contribution in [0.25, 0.3) is 11.6 Å². The summed E-state index contributed by atoms with van der Waals surface area (Å²) in [6, 6.07) is 5.98. The van der Waals surface area contributed by atoms with Crippen LogP contribution in [0.1, 0.15) is 42.4 Å². The van der Waals surface area contributed by atoms with Gasteiger partial charge in [0.15, 0.2) is 0 Å². The molecular formula is C18H22O2. The van der Waals surface area contributed by atoms with Gasteiger partial charge in [-0.15, -0.1) is 0 Å². The Hall–Kier alpha value is -1.67. The van der Waals surface area contributed by atoms with Gasteiger partial charge in [0.05, 0.1) is 5.60 Å². The molecule has 2 atom stereocenters. The number of aryl methyl sites for hydroxylation is 1. The maximum absolute atomic E-state index is 11.3. The minimum absolute atomic E-state index is 0.359. The van der Waals surface area contributed by atoms with E-state index in [1.54, 1.807) is 6.08 Å². The van der Waals surface area contributed by atoms with Crippen molar-refractivity contribution >= 4 is 17.9 Å². The number of aldehydes is 1. The highest BCUT2D eigenvalue weighted by Gasteiger charge is 2.41. The molecule has 2 nitrogen and oxygen atoms in total. The molecule has 0 aliphatic heterocycles. The number of aliphatic hydroxyl groups is 1. The van der Waals surface area contributed by atoms with Crippen LogP contribution in [-0.4, -0.2) is 17.0 Å². The molecule has 20 heavy (non-hydrogen) atoms. The number of hydrogen-bond acceptors (Lipinski definition) is 2. The van der Waals surface area contributed by atoms with Crippen molar-refractivity contribution in [3.05, 3.63) is 48.0 Å². The molecule has 2 rings (SSSR count). The molecule has 1 saturated carbocycles. The van der Waals surface area contributed by atoms with Gasteiger partial charge in [-0.3, -0.25) is 0 Å².